The Bertz CT molecular complexity index is 293. The van der Waals surface area contributed by atoms with Crippen LogP contribution in [-0.2, 0) is 0 Å². The number of hydrogen-bond acceptors (Lipinski definition) is 2. The van der Waals surface area contributed by atoms with Crippen molar-refractivity contribution in [1.29, 1.82) is 0 Å². The lowest BCUT2D eigenvalue weighted by Gasteiger charge is -2.10. The van der Waals surface area contributed by atoms with Crippen molar-refractivity contribution in [2.45, 2.75) is 33.2 Å². The SMILES string of the molecule is CCC(C)NC(=O)c1cn[nH]c1C. The Balaban J connectivity index is 2.64. The van der Waals surface area contributed by atoms with Crippen LogP contribution in [0.1, 0.15) is 36.3 Å². The van der Waals surface area contributed by atoms with Crippen LogP contribution in [0.5, 0.6) is 0 Å². The van der Waals surface area contributed by atoms with Crippen LogP contribution >= 0.6 is 0 Å². The highest BCUT2D eigenvalue weighted by molar-refractivity contribution is 5.95. The van der Waals surface area contributed by atoms with Gasteiger partial charge in [0.25, 0.3) is 5.91 Å². The van der Waals surface area contributed by atoms with Gasteiger partial charge in [0.1, 0.15) is 0 Å². The zero-order chi connectivity index (χ0) is 9.84. The Morgan fingerprint density at radius 3 is 2.92 bits per heavy atom. The minimum absolute atomic E-state index is 0.0550. The summed E-state index contributed by atoms with van der Waals surface area (Å²) >= 11 is 0. The molecular formula is C9H15N3O. The summed E-state index contributed by atoms with van der Waals surface area (Å²) in [6, 6.07) is 0.210. The number of hydrogen-bond donors (Lipinski definition) is 2. The van der Waals surface area contributed by atoms with Crippen LogP contribution in [0.15, 0.2) is 6.20 Å². The van der Waals surface area contributed by atoms with Gasteiger partial charge in [-0.3, -0.25) is 9.89 Å². The van der Waals surface area contributed by atoms with Crippen LogP contribution in [-0.4, -0.2) is 22.1 Å². The highest BCUT2D eigenvalue weighted by Crippen LogP contribution is 2.02. The van der Waals surface area contributed by atoms with Gasteiger partial charge in [-0.1, -0.05) is 6.92 Å². The lowest BCUT2D eigenvalue weighted by molar-refractivity contribution is 0.0939. The summed E-state index contributed by atoms with van der Waals surface area (Å²) in [5.74, 6) is -0.0550. The molecule has 0 aliphatic heterocycles. The molecule has 1 amide bonds. The number of amides is 1. The predicted molar refractivity (Wildman–Crippen MR) is 50.5 cm³/mol. The summed E-state index contributed by atoms with van der Waals surface area (Å²) < 4.78 is 0. The Morgan fingerprint density at radius 2 is 2.46 bits per heavy atom. The molecular weight excluding hydrogens is 166 g/mol. The molecule has 1 heterocycles. The van der Waals surface area contributed by atoms with Gasteiger partial charge in [0.05, 0.1) is 11.8 Å². The second-order valence-electron chi connectivity index (χ2n) is 3.19. The molecule has 13 heavy (non-hydrogen) atoms. The average molecular weight is 181 g/mol. The summed E-state index contributed by atoms with van der Waals surface area (Å²) in [6.45, 7) is 5.85. The third kappa shape index (κ3) is 2.31. The van der Waals surface area contributed by atoms with Crippen LogP contribution in [0.4, 0.5) is 0 Å². The first kappa shape index (κ1) is 9.77. The van der Waals surface area contributed by atoms with Gasteiger partial charge in [-0.2, -0.15) is 5.10 Å². The summed E-state index contributed by atoms with van der Waals surface area (Å²) in [5.41, 5.74) is 1.43. The molecule has 4 heteroatoms. The van der Waals surface area contributed by atoms with Gasteiger partial charge in [0, 0.05) is 11.7 Å². The lowest BCUT2D eigenvalue weighted by atomic mass is 10.2. The molecule has 0 aromatic carbocycles. The molecule has 0 saturated carbocycles. The Hall–Kier alpha value is -1.32. The smallest absolute Gasteiger partial charge is 0.254 e. The monoisotopic (exact) mass is 181 g/mol. The molecule has 0 spiro atoms. The first-order valence-electron chi connectivity index (χ1n) is 4.46. The number of carbonyl (C=O) groups excluding carboxylic acids is 1. The number of rotatable bonds is 3. The second-order valence-corrected chi connectivity index (χ2v) is 3.19. The van der Waals surface area contributed by atoms with Crippen LogP contribution in [0.2, 0.25) is 0 Å². The average Bonchev–Trinajstić information content (AvgIpc) is 2.51. The highest BCUT2D eigenvalue weighted by Gasteiger charge is 2.11. The first-order valence-corrected chi connectivity index (χ1v) is 4.46. The van der Waals surface area contributed by atoms with Crippen LogP contribution < -0.4 is 5.32 Å². The van der Waals surface area contributed by atoms with Crippen molar-refractivity contribution in [3.8, 4) is 0 Å². The van der Waals surface area contributed by atoms with E-state index in [0.717, 1.165) is 12.1 Å². The van der Waals surface area contributed by atoms with Crippen molar-refractivity contribution >= 4 is 5.91 Å². The minimum atomic E-state index is -0.0550. The fraction of sp³-hybridized carbons (Fsp3) is 0.556. The van der Waals surface area contributed by atoms with Gasteiger partial charge >= 0.3 is 0 Å². The predicted octanol–water partition coefficient (Wildman–Crippen LogP) is 1.25. The van der Waals surface area contributed by atoms with Crippen molar-refractivity contribution in [3.05, 3.63) is 17.5 Å². The van der Waals surface area contributed by atoms with E-state index >= 15 is 0 Å². The molecule has 1 rings (SSSR count). The maximum atomic E-state index is 11.5. The van der Waals surface area contributed by atoms with E-state index in [2.05, 4.69) is 15.5 Å². The van der Waals surface area contributed by atoms with Crippen molar-refractivity contribution in [2.24, 2.45) is 0 Å². The number of aromatic nitrogens is 2. The topological polar surface area (TPSA) is 57.8 Å². The highest BCUT2D eigenvalue weighted by atomic mass is 16.1. The number of H-pyrrole nitrogens is 1. The molecule has 0 saturated heterocycles. The van der Waals surface area contributed by atoms with Crippen LogP contribution in [0.25, 0.3) is 0 Å². The molecule has 0 fully saturated rings. The summed E-state index contributed by atoms with van der Waals surface area (Å²) in [7, 11) is 0. The van der Waals surface area contributed by atoms with Gasteiger partial charge in [-0.25, -0.2) is 0 Å². The molecule has 0 bridgehead atoms. The van der Waals surface area contributed by atoms with E-state index in [-0.39, 0.29) is 11.9 Å². The molecule has 2 N–H and O–H groups in total. The van der Waals surface area contributed by atoms with Crippen molar-refractivity contribution in [2.75, 3.05) is 0 Å². The van der Waals surface area contributed by atoms with Gasteiger partial charge in [-0.05, 0) is 20.3 Å². The standard InChI is InChI=1S/C9H15N3O/c1-4-6(2)11-9(13)8-5-10-12-7(8)3/h5-6H,4H2,1-3H3,(H,10,12)(H,11,13). The third-order valence-corrected chi connectivity index (χ3v) is 2.06. The molecule has 4 nitrogen and oxygen atoms in total. The Kier molecular flexibility index (Phi) is 3.06. The summed E-state index contributed by atoms with van der Waals surface area (Å²) in [4.78, 5) is 11.5. The molecule has 0 radical (unpaired) electrons. The summed E-state index contributed by atoms with van der Waals surface area (Å²) in [6.07, 6.45) is 2.48. The van der Waals surface area contributed by atoms with Gasteiger partial charge in [0.15, 0.2) is 0 Å². The number of aryl methyl sites for hydroxylation is 1. The molecule has 1 aromatic rings. The Labute approximate surface area is 77.7 Å². The van der Waals surface area contributed by atoms with E-state index in [1.807, 2.05) is 20.8 Å². The second kappa shape index (κ2) is 4.07. The number of nitrogens with one attached hydrogen (secondary N) is 2. The maximum Gasteiger partial charge on any atom is 0.254 e. The van der Waals surface area contributed by atoms with Gasteiger partial charge < -0.3 is 5.32 Å². The van der Waals surface area contributed by atoms with E-state index in [4.69, 9.17) is 0 Å². The van der Waals surface area contributed by atoms with Crippen LogP contribution in [0, 0.1) is 6.92 Å². The van der Waals surface area contributed by atoms with Crippen molar-refractivity contribution in [3.63, 3.8) is 0 Å². The van der Waals surface area contributed by atoms with E-state index in [1.54, 1.807) is 6.20 Å². The van der Waals surface area contributed by atoms with Gasteiger partial charge in [0.2, 0.25) is 0 Å². The largest absolute Gasteiger partial charge is 0.349 e. The van der Waals surface area contributed by atoms with E-state index < -0.39 is 0 Å². The van der Waals surface area contributed by atoms with E-state index in [0.29, 0.717) is 5.56 Å². The molecule has 0 aliphatic carbocycles. The number of aromatic amines is 1. The number of nitrogens with zero attached hydrogens (tertiary/aromatic N) is 1. The Morgan fingerprint density at radius 1 is 1.77 bits per heavy atom. The van der Waals surface area contributed by atoms with Crippen molar-refractivity contribution in [1.82, 2.24) is 15.5 Å². The fourth-order valence-corrected chi connectivity index (χ4v) is 0.983. The minimum Gasteiger partial charge on any atom is -0.349 e. The zero-order valence-corrected chi connectivity index (χ0v) is 8.22. The first-order chi connectivity index (χ1) is 6.15. The van der Waals surface area contributed by atoms with Gasteiger partial charge in [-0.15, -0.1) is 0 Å². The normalized spacial score (nSPS) is 12.5. The molecule has 1 unspecified atom stereocenters. The quantitative estimate of drug-likeness (QED) is 0.737. The molecule has 1 atom stereocenters. The van der Waals surface area contributed by atoms with Crippen LogP contribution in [0.3, 0.4) is 0 Å². The lowest BCUT2D eigenvalue weighted by Crippen LogP contribution is -2.32. The third-order valence-electron chi connectivity index (χ3n) is 2.06. The maximum absolute atomic E-state index is 11.5. The van der Waals surface area contributed by atoms with Crippen molar-refractivity contribution < 1.29 is 4.79 Å². The van der Waals surface area contributed by atoms with E-state index in [9.17, 15) is 4.79 Å². The number of carbonyl (C=O) groups is 1. The molecule has 0 aliphatic rings. The molecule has 72 valence electrons. The summed E-state index contributed by atoms with van der Waals surface area (Å²) in [5, 5.41) is 9.39. The molecule has 1 aromatic heterocycles. The fourth-order valence-electron chi connectivity index (χ4n) is 0.983. The van der Waals surface area contributed by atoms with E-state index in [1.165, 1.54) is 0 Å². The zero-order valence-electron chi connectivity index (χ0n) is 8.22.